The molecule has 1 aromatic carbocycles. The number of esters is 1. The quantitative estimate of drug-likeness (QED) is 0.299. The van der Waals surface area contributed by atoms with Crippen LogP contribution in [0.2, 0.25) is 0 Å². The average molecular weight is 498 g/mol. The number of ether oxygens (including phenoxy) is 3. The van der Waals surface area contributed by atoms with Crippen molar-refractivity contribution in [3.63, 3.8) is 0 Å². The molecule has 10 nitrogen and oxygen atoms in total. The van der Waals surface area contributed by atoms with E-state index in [0.717, 1.165) is 12.1 Å². The fourth-order valence-electron chi connectivity index (χ4n) is 2.93. The summed E-state index contributed by atoms with van der Waals surface area (Å²) in [5.41, 5.74) is -5.30. The summed E-state index contributed by atoms with van der Waals surface area (Å²) in [4.78, 5) is 40.3. The highest BCUT2D eigenvalue weighted by Gasteiger charge is 2.36. The molecule has 0 amide bonds. The van der Waals surface area contributed by atoms with Gasteiger partial charge in [0, 0.05) is 18.3 Å². The second kappa shape index (κ2) is 9.87. The van der Waals surface area contributed by atoms with Gasteiger partial charge in [0.15, 0.2) is 18.1 Å². The predicted molar refractivity (Wildman–Crippen MR) is 113 cm³/mol. The maximum atomic E-state index is 14.7. The largest absolute Gasteiger partial charge is 0.463 e. The van der Waals surface area contributed by atoms with E-state index < -0.39 is 47.2 Å². The van der Waals surface area contributed by atoms with E-state index in [1.54, 1.807) is 6.92 Å². The number of pyridine rings is 1. The molecular weight excluding hydrogens is 480 g/mol. The van der Waals surface area contributed by atoms with Crippen LogP contribution in [0, 0.1) is 12.7 Å². The van der Waals surface area contributed by atoms with Gasteiger partial charge in [0.2, 0.25) is 0 Å². The summed E-state index contributed by atoms with van der Waals surface area (Å²) in [5.74, 6) is 3.23. The molecular formula is C21H18F4N4O6. The van der Waals surface area contributed by atoms with Gasteiger partial charge in [-0.1, -0.05) is 0 Å². The van der Waals surface area contributed by atoms with Gasteiger partial charge in [-0.2, -0.15) is 13.2 Å². The number of aromatic nitrogens is 3. The third kappa shape index (κ3) is 5.42. The molecule has 186 valence electrons. The van der Waals surface area contributed by atoms with Crippen LogP contribution < -0.4 is 26.6 Å². The van der Waals surface area contributed by atoms with E-state index in [-0.39, 0.29) is 44.9 Å². The third-order valence-electron chi connectivity index (χ3n) is 4.50. The zero-order chi connectivity index (χ0) is 25.9. The van der Waals surface area contributed by atoms with Crippen molar-refractivity contribution < 1.29 is 36.6 Å². The van der Waals surface area contributed by atoms with E-state index in [1.807, 2.05) is 0 Å². The van der Waals surface area contributed by atoms with Crippen LogP contribution in [0.15, 0.2) is 46.1 Å². The number of benzene rings is 1. The fraction of sp³-hybridized carbons (Fsp3) is 0.238. The molecule has 0 fully saturated rings. The van der Waals surface area contributed by atoms with Crippen LogP contribution in [0.4, 0.5) is 17.6 Å². The highest BCUT2D eigenvalue weighted by Crippen LogP contribution is 2.33. The summed E-state index contributed by atoms with van der Waals surface area (Å²) in [5, 5.41) is 0. The predicted octanol–water partition coefficient (Wildman–Crippen LogP) is 2.31. The molecule has 2 heterocycles. The van der Waals surface area contributed by atoms with Crippen LogP contribution in [0.1, 0.15) is 18.2 Å². The lowest BCUT2D eigenvalue weighted by atomic mass is 10.2. The number of nitrogens with two attached hydrogens (primary N) is 1. The molecule has 0 spiro atoms. The fourth-order valence-corrected chi connectivity index (χ4v) is 2.93. The Morgan fingerprint density at radius 2 is 1.89 bits per heavy atom. The minimum atomic E-state index is -5.09. The number of halogens is 4. The standard InChI is InChI=1S/C21H18F4N4O6/c1-3-33-18(31)10-34-19-14(5-4-6-27-19)35-15-8-13(12(22)7-11(15)2)28-17(30)9-16(21(23,24)25)29(26)20(28)32/h4-9H,3,10,26H2,1-2H3. The summed E-state index contributed by atoms with van der Waals surface area (Å²) in [7, 11) is 0. The molecule has 0 atom stereocenters. The SMILES string of the molecule is CCOC(=O)COc1ncccc1Oc1cc(-n2c(=O)cc(C(F)(F)F)n(N)c2=O)c(F)cc1C. The number of nitrogen functional groups attached to an aromatic ring is 1. The van der Waals surface area contributed by atoms with Crippen LogP contribution in [-0.2, 0) is 15.7 Å². The minimum Gasteiger partial charge on any atom is -0.463 e. The molecule has 35 heavy (non-hydrogen) atoms. The van der Waals surface area contributed by atoms with Gasteiger partial charge in [-0.3, -0.25) is 4.79 Å². The normalized spacial score (nSPS) is 11.3. The first-order chi connectivity index (χ1) is 16.4. The molecule has 2 N–H and O–H groups in total. The number of hydrogen-bond donors (Lipinski definition) is 1. The van der Waals surface area contributed by atoms with Crippen LogP contribution in [0.25, 0.3) is 5.69 Å². The van der Waals surface area contributed by atoms with E-state index in [9.17, 15) is 31.9 Å². The van der Waals surface area contributed by atoms with Crippen molar-refractivity contribution in [3.05, 3.63) is 74.4 Å². The van der Waals surface area contributed by atoms with Gasteiger partial charge in [-0.15, -0.1) is 0 Å². The van der Waals surface area contributed by atoms with Gasteiger partial charge in [0.1, 0.15) is 11.6 Å². The Labute approximate surface area is 194 Å². The van der Waals surface area contributed by atoms with Crippen molar-refractivity contribution in [3.8, 4) is 23.1 Å². The van der Waals surface area contributed by atoms with Gasteiger partial charge in [0.05, 0.1) is 12.3 Å². The first kappa shape index (κ1) is 25.3. The van der Waals surface area contributed by atoms with Crippen LogP contribution in [0.3, 0.4) is 0 Å². The second-order valence-electron chi connectivity index (χ2n) is 6.93. The van der Waals surface area contributed by atoms with Crippen molar-refractivity contribution in [2.75, 3.05) is 19.1 Å². The highest BCUT2D eigenvalue weighted by atomic mass is 19.4. The van der Waals surface area contributed by atoms with Crippen molar-refractivity contribution in [1.29, 1.82) is 0 Å². The smallest absolute Gasteiger partial charge is 0.433 e. The van der Waals surface area contributed by atoms with Crippen molar-refractivity contribution in [2.24, 2.45) is 0 Å². The van der Waals surface area contributed by atoms with Crippen molar-refractivity contribution >= 4 is 5.97 Å². The number of alkyl halides is 3. The Morgan fingerprint density at radius 1 is 1.17 bits per heavy atom. The molecule has 2 aromatic heterocycles. The highest BCUT2D eigenvalue weighted by molar-refractivity contribution is 5.71. The van der Waals surface area contributed by atoms with E-state index in [1.165, 1.54) is 25.3 Å². The van der Waals surface area contributed by atoms with Crippen LogP contribution in [-0.4, -0.2) is 33.4 Å². The number of carbonyl (C=O) groups excluding carboxylic acids is 1. The Hall–Kier alpha value is -4.36. The average Bonchev–Trinajstić information content (AvgIpc) is 2.78. The summed E-state index contributed by atoms with van der Waals surface area (Å²) in [6, 6.07) is 4.80. The van der Waals surface area contributed by atoms with Gasteiger partial charge >= 0.3 is 17.8 Å². The summed E-state index contributed by atoms with van der Waals surface area (Å²) >= 11 is 0. The molecule has 0 saturated carbocycles. The maximum Gasteiger partial charge on any atom is 0.433 e. The molecule has 0 saturated heterocycles. The summed E-state index contributed by atoms with van der Waals surface area (Å²) in [6.45, 7) is 2.71. The summed E-state index contributed by atoms with van der Waals surface area (Å²) < 4.78 is 69.4. The molecule has 0 aliphatic rings. The van der Waals surface area contributed by atoms with E-state index >= 15 is 0 Å². The lowest BCUT2D eigenvalue weighted by Crippen LogP contribution is -2.45. The summed E-state index contributed by atoms with van der Waals surface area (Å²) in [6.07, 6.45) is -3.74. The maximum absolute atomic E-state index is 14.7. The monoisotopic (exact) mass is 498 g/mol. The molecule has 3 aromatic rings. The van der Waals surface area contributed by atoms with Crippen molar-refractivity contribution in [1.82, 2.24) is 14.2 Å². The van der Waals surface area contributed by atoms with Gasteiger partial charge < -0.3 is 20.1 Å². The van der Waals surface area contributed by atoms with Gasteiger partial charge in [-0.25, -0.2) is 28.2 Å². The molecule has 14 heteroatoms. The molecule has 0 radical (unpaired) electrons. The van der Waals surface area contributed by atoms with Gasteiger partial charge in [0.25, 0.3) is 11.4 Å². The lowest BCUT2D eigenvalue weighted by molar-refractivity contribution is -0.145. The minimum absolute atomic E-state index is 0.0199. The number of nitrogens with zero attached hydrogens (tertiary/aromatic N) is 3. The van der Waals surface area contributed by atoms with Gasteiger partial charge in [-0.05, 0) is 37.6 Å². The van der Waals surface area contributed by atoms with Crippen molar-refractivity contribution in [2.45, 2.75) is 20.0 Å². The Morgan fingerprint density at radius 3 is 2.54 bits per heavy atom. The number of aryl methyl sites for hydroxylation is 1. The Balaban J connectivity index is 2.05. The first-order valence-corrected chi connectivity index (χ1v) is 9.87. The molecule has 3 rings (SSSR count). The zero-order valence-electron chi connectivity index (χ0n) is 18.3. The zero-order valence-corrected chi connectivity index (χ0v) is 18.3. The van der Waals surface area contributed by atoms with E-state index in [2.05, 4.69) is 4.98 Å². The second-order valence-corrected chi connectivity index (χ2v) is 6.93. The Bertz CT molecular complexity index is 1380. The van der Waals surface area contributed by atoms with E-state index in [4.69, 9.17) is 20.1 Å². The van der Waals surface area contributed by atoms with E-state index in [0.29, 0.717) is 0 Å². The molecule has 0 bridgehead atoms. The first-order valence-electron chi connectivity index (χ1n) is 9.87. The number of carbonyl (C=O) groups is 1. The molecule has 0 aliphatic heterocycles. The topological polar surface area (TPSA) is 128 Å². The number of rotatable bonds is 7. The Kier molecular flexibility index (Phi) is 7.12. The molecule has 0 aliphatic carbocycles. The third-order valence-corrected chi connectivity index (χ3v) is 4.50. The van der Waals surface area contributed by atoms with Crippen LogP contribution >= 0.6 is 0 Å². The van der Waals surface area contributed by atoms with Crippen LogP contribution in [0.5, 0.6) is 17.4 Å². The number of hydrogen-bond acceptors (Lipinski definition) is 8. The lowest BCUT2D eigenvalue weighted by Gasteiger charge is -2.16. The molecule has 0 unspecified atom stereocenters.